The molecule has 5 rings (SSSR count). The fourth-order valence-corrected chi connectivity index (χ4v) is 10.5. The van der Waals surface area contributed by atoms with Gasteiger partial charge < -0.3 is 10.1 Å². The molecule has 8 heteroatoms. The Morgan fingerprint density at radius 3 is 2.29 bits per heavy atom. The van der Waals surface area contributed by atoms with E-state index in [-0.39, 0.29) is 51.8 Å². The van der Waals surface area contributed by atoms with Gasteiger partial charge in [-0.2, -0.15) is 13.2 Å². The molecule has 0 heterocycles. The molecule has 0 spiro atoms. The van der Waals surface area contributed by atoms with E-state index in [0.717, 1.165) is 24.8 Å². The molecule has 41 heavy (non-hydrogen) atoms. The molecule has 224 valence electrons. The molecule has 0 aliphatic heterocycles. The lowest BCUT2D eigenvalue weighted by Gasteiger charge is -2.68. The summed E-state index contributed by atoms with van der Waals surface area (Å²) in [5.74, 6) is -1.86. The topological polar surface area (TPSA) is 67.6 Å². The standard InChI is InChI=1S/C33H43F3N2O3/c1-28(2)14-19-18(20(15-28)27(41)38-17-33(34,35)36)9-11-32(7)25(19)22(39)13-24-30(5)16-21(37-8)26(40)29(3,4)23(30)10-12-31(24,32)6/h13,16,18-20,23,25H,9-12,14-15,17H2,1-7H3,(H,38,41)/t18?,19-,20-,23+,25+,30+,31-,32-/m1/s1. The van der Waals surface area contributed by atoms with Gasteiger partial charge in [0.05, 0.1) is 6.57 Å². The van der Waals surface area contributed by atoms with E-state index in [1.54, 1.807) is 0 Å². The van der Waals surface area contributed by atoms with Crippen LogP contribution in [0.15, 0.2) is 23.4 Å². The molecule has 1 unspecified atom stereocenters. The summed E-state index contributed by atoms with van der Waals surface area (Å²) < 4.78 is 38.9. The molecule has 3 fully saturated rings. The molecule has 0 aromatic carbocycles. The Bertz CT molecular complexity index is 1300. The summed E-state index contributed by atoms with van der Waals surface area (Å²) in [7, 11) is 0. The van der Waals surface area contributed by atoms with Gasteiger partial charge in [-0.3, -0.25) is 9.59 Å². The molecule has 5 nitrogen and oxygen atoms in total. The summed E-state index contributed by atoms with van der Waals surface area (Å²) in [6, 6.07) is 0. The average Bonchev–Trinajstić information content (AvgIpc) is 2.84. The molecular weight excluding hydrogens is 529 g/mol. The molecule has 0 radical (unpaired) electrons. The Labute approximate surface area is 241 Å². The zero-order chi connectivity index (χ0) is 30.6. The van der Waals surface area contributed by atoms with Crippen LogP contribution in [0.5, 0.6) is 0 Å². The number of hydrogen-bond acceptors (Lipinski definition) is 3. The van der Waals surface area contributed by atoms with Gasteiger partial charge in [-0.15, -0.1) is 0 Å². The summed E-state index contributed by atoms with van der Waals surface area (Å²) in [5, 5.41) is 2.15. The van der Waals surface area contributed by atoms with Crippen molar-refractivity contribution in [3.63, 3.8) is 0 Å². The van der Waals surface area contributed by atoms with Crippen molar-refractivity contribution in [2.75, 3.05) is 6.54 Å². The number of Topliss-reactive ketones (excluding diaryl/α,β-unsaturated/α-hetero) is 1. The second-order valence-corrected chi connectivity index (χ2v) is 15.6. The van der Waals surface area contributed by atoms with Crippen LogP contribution < -0.4 is 5.32 Å². The molecule has 0 aromatic rings. The molecule has 5 aliphatic rings. The van der Waals surface area contributed by atoms with Crippen LogP contribution in [0.1, 0.15) is 87.0 Å². The monoisotopic (exact) mass is 572 g/mol. The van der Waals surface area contributed by atoms with Gasteiger partial charge in [0.2, 0.25) is 11.6 Å². The average molecular weight is 573 g/mol. The van der Waals surface area contributed by atoms with E-state index < -0.39 is 40.8 Å². The minimum absolute atomic E-state index is 0.0242. The normalized spacial score (nSPS) is 42.8. The molecule has 0 aromatic heterocycles. The maximum absolute atomic E-state index is 14.4. The fourth-order valence-electron chi connectivity index (χ4n) is 10.5. The highest BCUT2D eigenvalue weighted by Crippen LogP contribution is 2.73. The Morgan fingerprint density at radius 2 is 1.68 bits per heavy atom. The molecule has 0 bridgehead atoms. The summed E-state index contributed by atoms with van der Waals surface area (Å²) in [6.45, 7) is 20.9. The molecule has 3 saturated carbocycles. The number of allylic oxidation sites excluding steroid dienone is 4. The predicted molar refractivity (Wildman–Crippen MR) is 149 cm³/mol. The second-order valence-electron chi connectivity index (χ2n) is 15.6. The van der Waals surface area contributed by atoms with Gasteiger partial charge in [-0.1, -0.05) is 60.1 Å². The van der Waals surface area contributed by atoms with Crippen LogP contribution in [0, 0.1) is 63.2 Å². The Balaban J connectivity index is 1.58. The fraction of sp³-hybridized carbons (Fsp3) is 0.758. The number of hydrogen-bond donors (Lipinski definition) is 1. The molecule has 1 amide bonds. The highest BCUT2D eigenvalue weighted by Gasteiger charge is 2.68. The van der Waals surface area contributed by atoms with Crippen LogP contribution in [0.4, 0.5) is 13.2 Å². The van der Waals surface area contributed by atoms with E-state index in [2.05, 4.69) is 44.8 Å². The van der Waals surface area contributed by atoms with Crippen molar-refractivity contribution in [3.05, 3.63) is 34.8 Å². The van der Waals surface area contributed by atoms with E-state index in [0.29, 0.717) is 19.3 Å². The van der Waals surface area contributed by atoms with Crippen LogP contribution in [-0.4, -0.2) is 30.2 Å². The van der Waals surface area contributed by atoms with Crippen molar-refractivity contribution in [1.82, 2.24) is 5.32 Å². The number of fused-ring (bicyclic) bond motifs is 7. The van der Waals surface area contributed by atoms with Crippen molar-refractivity contribution < 1.29 is 27.6 Å². The first-order chi connectivity index (χ1) is 18.7. The van der Waals surface area contributed by atoms with Gasteiger partial charge in [0.25, 0.3) is 0 Å². The van der Waals surface area contributed by atoms with E-state index in [4.69, 9.17) is 6.57 Å². The molecule has 0 saturated heterocycles. The third kappa shape index (κ3) is 4.27. The number of amides is 1. The zero-order valence-corrected chi connectivity index (χ0v) is 25.3. The van der Waals surface area contributed by atoms with Crippen molar-refractivity contribution in [2.45, 2.75) is 93.2 Å². The lowest BCUT2D eigenvalue weighted by atomic mass is 9.35. The first-order valence-corrected chi connectivity index (χ1v) is 15.0. The van der Waals surface area contributed by atoms with E-state index in [1.807, 2.05) is 26.0 Å². The lowest BCUT2D eigenvalue weighted by Crippen LogP contribution is -2.64. The van der Waals surface area contributed by atoms with Gasteiger partial charge in [-0.25, -0.2) is 4.85 Å². The van der Waals surface area contributed by atoms with Crippen molar-refractivity contribution in [2.24, 2.45) is 56.7 Å². The number of nitrogens with one attached hydrogen (secondary N) is 1. The van der Waals surface area contributed by atoms with Crippen LogP contribution in [0.25, 0.3) is 4.85 Å². The number of carbonyl (C=O) groups excluding carboxylic acids is 3. The van der Waals surface area contributed by atoms with E-state index in [9.17, 15) is 27.6 Å². The highest BCUT2D eigenvalue weighted by atomic mass is 19.4. The van der Waals surface area contributed by atoms with Crippen LogP contribution in [-0.2, 0) is 14.4 Å². The summed E-state index contributed by atoms with van der Waals surface area (Å²) in [4.78, 5) is 44.3. The van der Waals surface area contributed by atoms with Gasteiger partial charge in [0.1, 0.15) is 6.54 Å². The second kappa shape index (κ2) is 9.04. The summed E-state index contributed by atoms with van der Waals surface area (Å²) >= 11 is 0. The van der Waals surface area contributed by atoms with Crippen molar-refractivity contribution in [1.29, 1.82) is 0 Å². The first-order valence-electron chi connectivity index (χ1n) is 15.0. The molecule has 8 atom stereocenters. The third-order valence-corrected chi connectivity index (χ3v) is 12.5. The van der Waals surface area contributed by atoms with Crippen LogP contribution in [0.2, 0.25) is 0 Å². The van der Waals surface area contributed by atoms with E-state index in [1.165, 1.54) is 0 Å². The van der Waals surface area contributed by atoms with Gasteiger partial charge >= 0.3 is 6.18 Å². The lowest BCUT2D eigenvalue weighted by molar-refractivity contribution is -0.166. The van der Waals surface area contributed by atoms with Gasteiger partial charge in [-0.05, 0) is 78.6 Å². The molecule has 1 N–H and O–H groups in total. The third-order valence-electron chi connectivity index (χ3n) is 12.5. The summed E-state index contributed by atoms with van der Waals surface area (Å²) in [5.41, 5.74) is -1.26. The Morgan fingerprint density at radius 1 is 1.02 bits per heavy atom. The quantitative estimate of drug-likeness (QED) is 0.359. The number of carbonyl (C=O) groups is 3. The predicted octanol–water partition coefficient (Wildman–Crippen LogP) is 7.09. The minimum atomic E-state index is -4.48. The van der Waals surface area contributed by atoms with Crippen molar-refractivity contribution >= 4 is 17.5 Å². The number of rotatable bonds is 2. The minimum Gasteiger partial charge on any atom is -0.347 e. The number of alkyl halides is 3. The van der Waals surface area contributed by atoms with Crippen LogP contribution >= 0.6 is 0 Å². The summed E-state index contributed by atoms with van der Waals surface area (Å²) in [6.07, 6.45) is 3.40. The number of halogens is 3. The smallest absolute Gasteiger partial charge is 0.347 e. The number of nitrogens with zero attached hydrogens (tertiary/aromatic N) is 1. The highest BCUT2D eigenvalue weighted by molar-refractivity contribution is 6.03. The largest absolute Gasteiger partial charge is 0.405 e. The Hall–Kier alpha value is -2.43. The van der Waals surface area contributed by atoms with Gasteiger partial charge in [0.15, 0.2) is 11.6 Å². The molecule has 5 aliphatic carbocycles. The molecular formula is C33H43F3N2O3. The zero-order valence-electron chi connectivity index (χ0n) is 25.3. The number of ketones is 2. The maximum atomic E-state index is 14.4. The van der Waals surface area contributed by atoms with Crippen LogP contribution in [0.3, 0.4) is 0 Å². The first kappa shape index (κ1) is 30.0. The van der Waals surface area contributed by atoms with Crippen molar-refractivity contribution in [3.8, 4) is 0 Å². The SMILES string of the molecule is [C-]#[N+]C1=C[C@]2(C)C3=CC(=O)[C@@H]4[C@@H]5CC(C)(C)C[C@@H](C(=O)NCC(F)(F)F)C5CC[C@@]4(C)[C@]3(C)CC[C@H]2C(C)(C)C1=O. The maximum Gasteiger partial charge on any atom is 0.405 e. The van der Waals surface area contributed by atoms with E-state index >= 15 is 0 Å². The Kier molecular flexibility index (Phi) is 6.62. The van der Waals surface area contributed by atoms with Gasteiger partial charge in [0, 0.05) is 22.7 Å².